The van der Waals surface area contributed by atoms with Gasteiger partial charge in [0.1, 0.15) is 22.4 Å². The van der Waals surface area contributed by atoms with Gasteiger partial charge in [-0.25, -0.2) is 14.4 Å². The maximum absolute atomic E-state index is 14.7. The van der Waals surface area contributed by atoms with Gasteiger partial charge in [0.25, 0.3) is 11.8 Å². The molecule has 68 heavy (non-hydrogen) atoms. The fourth-order valence-corrected chi connectivity index (χ4v) is 10.4. The van der Waals surface area contributed by atoms with Crippen LogP contribution >= 0.6 is 69.6 Å². The van der Waals surface area contributed by atoms with Crippen LogP contribution < -0.4 is 15.1 Å². The molecule has 6 heterocycles. The Morgan fingerprint density at radius 2 is 1.03 bits per heavy atom. The van der Waals surface area contributed by atoms with Crippen molar-refractivity contribution in [3.63, 3.8) is 0 Å². The van der Waals surface area contributed by atoms with E-state index in [0.717, 1.165) is 80.7 Å². The van der Waals surface area contributed by atoms with Crippen molar-refractivity contribution in [2.45, 2.75) is 36.5 Å². The molecule has 10 rings (SSSR count). The lowest BCUT2D eigenvalue weighted by Gasteiger charge is -2.39. The molecule has 4 aliphatic rings. The van der Waals surface area contributed by atoms with E-state index in [4.69, 9.17) is 69.6 Å². The number of aldehydes is 1. The Kier molecular flexibility index (Phi) is 15.9. The normalized spacial score (nSPS) is 16.8. The molecule has 2 fully saturated rings. The Morgan fingerprint density at radius 1 is 0.588 bits per heavy atom. The maximum atomic E-state index is 14.7. The number of piperidine rings is 2. The molecular formula is C52H45Cl6FN6O3. The number of benzene rings is 4. The molecule has 350 valence electrons. The predicted octanol–water partition coefficient (Wildman–Crippen LogP) is 12.9. The van der Waals surface area contributed by atoms with Crippen LogP contribution in [0.25, 0.3) is 6.08 Å². The lowest BCUT2D eigenvalue weighted by Crippen LogP contribution is -2.46. The van der Waals surface area contributed by atoms with Crippen LogP contribution in [0.3, 0.4) is 0 Å². The number of pyridine rings is 2. The van der Waals surface area contributed by atoms with Gasteiger partial charge in [0.2, 0.25) is 0 Å². The minimum absolute atomic E-state index is 0.0159. The van der Waals surface area contributed by atoms with E-state index in [1.54, 1.807) is 85.1 Å². The van der Waals surface area contributed by atoms with E-state index in [1.165, 1.54) is 11.8 Å². The number of nitrogens with one attached hydrogen (secondary N) is 1. The van der Waals surface area contributed by atoms with Gasteiger partial charge in [0.15, 0.2) is 0 Å². The van der Waals surface area contributed by atoms with E-state index >= 15 is 0 Å². The summed E-state index contributed by atoms with van der Waals surface area (Å²) in [6.07, 6.45) is 9.04. The van der Waals surface area contributed by atoms with Crippen LogP contribution in [0, 0.1) is 0 Å². The number of amides is 2. The highest BCUT2D eigenvalue weighted by Crippen LogP contribution is 2.49. The van der Waals surface area contributed by atoms with Crippen LogP contribution in [0.1, 0.15) is 73.4 Å². The second-order valence-electron chi connectivity index (χ2n) is 17.2. The van der Waals surface area contributed by atoms with Crippen molar-refractivity contribution in [2.75, 3.05) is 55.6 Å². The summed E-state index contributed by atoms with van der Waals surface area (Å²) in [7, 11) is 0. The summed E-state index contributed by atoms with van der Waals surface area (Å²) in [6.45, 7) is 4.83. The number of nitrogens with zero attached hydrogens (tertiary/aromatic N) is 5. The molecule has 0 unspecified atom stereocenters. The summed E-state index contributed by atoms with van der Waals surface area (Å²) < 4.78 is 14.7. The predicted molar refractivity (Wildman–Crippen MR) is 273 cm³/mol. The summed E-state index contributed by atoms with van der Waals surface area (Å²) in [5.41, 5.74) is 6.34. The van der Waals surface area contributed by atoms with Gasteiger partial charge in [0, 0.05) is 84.5 Å². The Hall–Kier alpha value is -4.88. The van der Waals surface area contributed by atoms with Crippen molar-refractivity contribution in [1.29, 1.82) is 0 Å². The topological polar surface area (TPSA) is 98.7 Å². The largest absolute Gasteiger partial charge is 0.317 e. The van der Waals surface area contributed by atoms with Crippen LogP contribution in [0.15, 0.2) is 127 Å². The van der Waals surface area contributed by atoms with Gasteiger partial charge in [-0.3, -0.25) is 19.3 Å². The Labute approximate surface area is 424 Å². The second-order valence-corrected chi connectivity index (χ2v) is 19.8. The van der Waals surface area contributed by atoms with Gasteiger partial charge in [-0.2, -0.15) is 0 Å². The monoisotopic (exact) mass is 1030 g/mol. The number of halogens is 7. The van der Waals surface area contributed by atoms with Crippen molar-refractivity contribution >= 4 is 105 Å². The lowest BCUT2D eigenvalue weighted by molar-refractivity contribution is 0.0972. The molecule has 0 bridgehead atoms. The third-order valence-corrected chi connectivity index (χ3v) is 14.3. The van der Waals surface area contributed by atoms with Crippen LogP contribution in [0.2, 0.25) is 30.4 Å². The first kappa shape index (κ1) is 49.5. The minimum atomic E-state index is -0.223. The number of carbonyl (C=O) groups is 3. The summed E-state index contributed by atoms with van der Waals surface area (Å²) >= 11 is 36.1. The zero-order valence-corrected chi connectivity index (χ0v) is 41.1. The first-order valence-electron chi connectivity index (χ1n) is 22.0. The first-order valence-corrected chi connectivity index (χ1v) is 24.2. The van der Waals surface area contributed by atoms with Crippen molar-refractivity contribution in [3.8, 4) is 0 Å². The van der Waals surface area contributed by atoms with Gasteiger partial charge >= 0.3 is 0 Å². The zero-order chi connectivity index (χ0) is 48.0. The highest BCUT2D eigenvalue weighted by Gasteiger charge is 2.47. The van der Waals surface area contributed by atoms with E-state index in [9.17, 15) is 18.8 Å². The molecule has 6 aromatic rings. The molecule has 4 aliphatic heterocycles. The van der Waals surface area contributed by atoms with E-state index < -0.39 is 0 Å². The molecule has 2 spiro atoms. The molecule has 2 amide bonds. The molecule has 0 aliphatic carbocycles. The molecule has 0 saturated carbocycles. The van der Waals surface area contributed by atoms with E-state index in [-0.39, 0.29) is 40.2 Å². The van der Waals surface area contributed by atoms with Crippen LogP contribution in [-0.2, 0) is 10.8 Å². The average Bonchev–Trinajstić information content (AvgIpc) is 3.81. The SMILES string of the molecule is O=C(c1ccnc(Cl)c1)N1CC2(CCN(C/C(F)=C/c3ccc(Cl)cc3)CC2)c2cc(Cl)ccc21.O=C(c1ccnc(Cl)c1)N1CC2(CCNCC2)c2cc(Cl)ccc21.O=Cc1ccc(Cl)cc1. The van der Waals surface area contributed by atoms with Crippen LogP contribution in [0.4, 0.5) is 15.8 Å². The summed E-state index contributed by atoms with van der Waals surface area (Å²) in [5, 5.41) is 6.65. The maximum Gasteiger partial charge on any atom is 0.258 e. The Morgan fingerprint density at radius 3 is 1.49 bits per heavy atom. The molecule has 0 radical (unpaired) electrons. The summed E-state index contributed by atoms with van der Waals surface area (Å²) in [6, 6.07) is 31.9. The van der Waals surface area contributed by atoms with Gasteiger partial charge in [-0.15, -0.1) is 0 Å². The highest BCUT2D eigenvalue weighted by molar-refractivity contribution is 6.32. The lowest BCUT2D eigenvalue weighted by atomic mass is 9.74. The molecule has 4 aromatic carbocycles. The Bertz CT molecular complexity index is 2830. The van der Waals surface area contributed by atoms with Crippen molar-refractivity contribution in [3.05, 3.63) is 191 Å². The smallest absolute Gasteiger partial charge is 0.258 e. The molecule has 16 heteroatoms. The fourth-order valence-electron chi connectivity index (χ4n) is 9.47. The average molecular weight is 1030 g/mol. The molecular weight excluding hydrogens is 988 g/mol. The summed E-state index contributed by atoms with van der Waals surface area (Å²) in [4.78, 5) is 50.3. The number of fused-ring (bicyclic) bond motifs is 4. The number of rotatable bonds is 6. The van der Waals surface area contributed by atoms with Gasteiger partial charge in [-0.05, 0) is 160 Å². The molecule has 2 aromatic heterocycles. The Balaban J connectivity index is 0.000000162. The van der Waals surface area contributed by atoms with Crippen molar-refractivity contribution < 1.29 is 18.8 Å². The quantitative estimate of drug-likeness (QED) is 0.131. The first-order chi connectivity index (χ1) is 32.7. The van der Waals surface area contributed by atoms with Gasteiger partial charge < -0.3 is 15.1 Å². The van der Waals surface area contributed by atoms with Gasteiger partial charge in [-0.1, -0.05) is 93.9 Å². The van der Waals surface area contributed by atoms with Crippen LogP contribution in [-0.4, -0.2) is 78.8 Å². The van der Waals surface area contributed by atoms with E-state index in [2.05, 4.69) is 20.2 Å². The second kappa shape index (κ2) is 21.8. The molecule has 0 atom stereocenters. The third kappa shape index (κ3) is 11.4. The zero-order valence-electron chi connectivity index (χ0n) is 36.6. The van der Waals surface area contributed by atoms with E-state index in [1.807, 2.05) is 46.2 Å². The number of carbonyl (C=O) groups excluding carboxylic acids is 3. The molecule has 2 saturated heterocycles. The molecule has 1 N–H and O–H groups in total. The third-order valence-electron chi connectivity index (χ3n) is 12.9. The minimum Gasteiger partial charge on any atom is -0.317 e. The number of aromatic nitrogens is 2. The standard InChI is InChI=1S/C27H23Cl3FN3O.C18H17Cl2N3O.C7H5ClO/c28-20-3-1-18(2-4-20)13-22(31)16-33-11-8-27(9-12-33)17-34(24-6-5-21(29)15-23(24)27)26(35)19-7-10-32-25(30)14-19;19-13-1-2-15-14(10-13)18(4-7-21-8-5-18)11-23(15)17(24)12-3-6-22-16(20)9-12;8-7-3-1-6(5-9)2-4-7/h1-7,10,13-15H,8-9,11-12,16-17H2;1-3,6,9-10,21H,4-5,7-8,11H2;1-5H/b22-13-;;. The number of hydrogen-bond donors (Lipinski definition) is 1. The number of likely N-dealkylation sites (tertiary alicyclic amines) is 1. The molecule has 9 nitrogen and oxygen atoms in total. The summed E-state index contributed by atoms with van der Waals surface area (Å²) in [5.74, 6) is -0.350. The number of anilines is 2. The van der Waals surface area contributed by atoms with Crippen molar-refractivity contribution in [1.82, 2.24) is 20.2 Å². The number of hydrogen-bond acceptors (Lipinski definition) is 7. The highest BCUT2D eigenvalue weighted by atomic mass is 35.5. The van der Waals surface area contributed by atoms with Gasteiger partial charge in [0.05, 0.1) is 6.54 Å². The van der Waals surface area contributed by atoms with Crippen molar-refractivity contribution in [2.24, 2.45) is 0 Å². The fraction of sp³-hybridized carbons (Fsp3) is 0.250. The van der Waals surface area contributed by atoms with E-state index in [0.29, 0.717) is 55.0 Å². The van der Waals surface area contributed by atoms with Crippen LogP contribution in [0.5, 0.6) is 0 Å².